The normalized spacial score (nSPS) is 11.3. The van der Waals surface area contributed by atoms with E-state index in [1.54, 1.807) is 13.0 Å². The number of rotatable bonds is 4. The second-order valence-corrected chi connectivity index (χ2v) is 4.34. The molecule has 0 amide bonds. The minimum absolute atomic E-state index is 0.00382. The van der Waals surface area contributed by atoms with E-state index in [1.165, 1.54) is 18.2 Å². The van der Waals surface area contributed by atoms with E-state index in [2.05, 4.69) is 20.7 Å². The van der Waals surface area contributed by atoms with Crippen molar-refractivity contribution in [2.45, 2.75) is 19.6 Å². The fourth-order valence-electron chi connectivity index (χ4n) is 1.87. The molecule has 4 N–H and O–H groups in total. The SMILES string of the molecule is Cc1nc(NN)cc(NCc2ccccc2C(F)(F)F)n1. The Kier molecular flexibility index (Phi) is 4.27. The summed E-state index contributed by atoms with van der Waals surface area (Å²) in [6.45, 7) is 1.66. The van der Waals surface area contributed by atoms with Crippen LogP contribution in [0.25, 0.3) is 0 Å². The van der Waals surface area contributed by atoms with Gasteiger partial charge in [-0.3, -0.25) is 0 Å². The maximum Gasteiger partial charge on any atom is 0.416 e. The third-order valence-corrected chi connectivity index (χ3v) is 2.77. The molecule has 0 radical (unpaired) electrons. The summed E-state index contributed by atoms with van der Waals surface area (Å²) < 4.78 is 38.6. The molecule has 5 nitrogen and oxygen atoms in total. The Morgan fingerprint density at radius 2 is 1.81 bits per heavy atom. The molecule has 0 spiro atoms. The first kappa shape index (κ1) is 15.0. The molecule has 0 unspecified atom stereocenters. The number of hydrazine groups is 1. The first-order valence-corrected chi connectivity index (χ1v) is 6.11. The van der Waals surface area contributed by atoms with Crippen LogP contribution in [0.15, 0.2) is 30.3 Å². The molecule has 2 rings (SSSR count). The maximum absolute atomic E-state index is 12.9. The number of benzene rings is 1. The molecule has 0 saturated heterocycles. The number of anilines is 2. The van der Waals surface area contributed by atoms with Crippen LogP contribution >= 0.6 is 0 Å². The molecule has 112 valence electrons. The van der Waals surface area contributed by atoms with E-state index in [9.17, 15) is 13.2 Å². The topological polar surface area (TPSA) is 75.9 Å². The standard InChI is InChI=1S/C13H14F3N5/c1-8-19-11(6-12(20-8)21-17)18-7-9-4-2-3-5-10(9)13(14,15)16/h2-6H,7,17H2,1H3,(H2,18,19,20,21). The average molecular weight is 297 g/mol. The summed E-state index contributed by atoms with van der Waals surface area (Å²) in [5, 5.41) is 2.84. The third-order valence-electron chi connectivity index (χ3n) is 2.77. The summed E-state index contributed by atoms with van der Waals surface area (Å²) in [6, 6.07) is 6.91. The summed E-state index contributed by atoms with van der Waals surface area (Å²) in [6.07, 6.45) is -4.39. The van der Waals surface area contributed by atoms with Crippen LogP contribution in [0.4, 0.5) is 24.8 Å². The highest BCUT2D eigenvalue weighted by Crippen LogP contribution is 2.32. The smallest absolute Gasteiger partial charge is 0.366 e. The molecule has 0 aliphatic heterocycles. The number of alkyl halides is 3. The quantitative estimate of drug-likeness (QED) is 0.597. The molecule has 0 atom stereocenters. The van der Waals surface area contributed by atoms with Crippen LogP contribution in [0.1, 0.15) is 17.0 Å². The first-order valence-electron chi connectivity index (χ1n) is 6.11. The zero-order chi connectivity index (χ0) is 15.5. The Morgan fingerprint density at radius 3 is 2.48 bits per heavy atom. The lowest BCUT2D eigenvalue weighted by molar-refractivity contribution is -0.138. The van der Waals surface area contributed by atoms with Crippen LogP contribution < -0.4 is 16.6 Å². The molecular formula is C13H14F3N5. The second kappa shape index (κ2) is 5.96. The van der Waals surface area contributed by atoms with Gasteiger partial charge < -0.3 is 10.7 Å². The van der Waals surface area contributed by atoms with Crippen molar-refractivity contribution in [1.82, 2.24) is 9.97 Å². The van der Waals surface area contributed by atoms with Gasteiger partial charge in [-0.1, -0.05) is 18.2 Å². The summed E-state index contributed by atoms with van der Waals surface area (Å²) in [4.78, 5) is 8.09. The van der Waals surface area contributed by atoms with Gasteiger partial charge in [-0.2, -0.15) is 13.2 Å². The lowest BCUT2D eigenvalue weighted by Crippen LogP contribution is -2.13. The van der Waals surface area contributed by atoms with Gasteiger partial charge in [0, 0.05) is 12.6 Å². The summed E-state index contributed by atoms with van der Waals surface area (Å²) in [5.74, 6) is 6.49. The van der Waals surface area contributed by atoms with Crippen LogP contribution in [0.2, 0.25) is 0 Å². The molecule has 0 saturated carbocycles. The van der Waals surface area contributed by atoms with Crippen molar-refractivity contribution < 1.29 is 13.2 Å². The van der Waals surface area contributed by atoms with Gasteiger partial charge >= 0.3 is 6.18 Å². The zero-order valence-electron chi connectivity index (χ0n) is 11.2. The van der Waals surface area contributed by atoms with Gasteiger partial charge in [0.05, 0.1) is 5.56 Å². The van der Waals surface area contributed by atoms with Crippen LogP contribution in [0, 0.1) is 6.92 Å². The first-order chi connectivity index (χ1) is 9.90. The maximum atomic E-state index is 12.9. The van der Waals surface area contributed by atoms with Gasteiger partial charge in [-0.15, -0.1) is 0 Å². The Labute approximate surface area is 119 Å². The van der Waals surface area contributed by atoms with Crippen molar-refractivity contribution in [1.29, 1.82) is 0 Å². The second-order valence-electron chi connectivity index (χ2n) is 4.34. The van der Waals surface area contributed by atoms with Gasteiger partial charge in [-0.25, -0.2) is 15.8 Å². The number of halogens is 3. The number of aryl methyl sites for hydroxylation is 1. The molecule has 1 aromatic carbocycles. The van der Waals surface area contributed by atoms with E-state index in [0.717, 1.165) is 6.07 Å². The van der Waals surface area contributed by atoms with Crippen molar-refractivity contribution in [3.05, 3.63) is 47.3 Å². The molecule has 0 aliphatic carbocycles. The predicted molar refractivity (Wildman–Crippen MR) is 73.3 cm³/mol. The number of hydrogen-bond donors (Lipinski definition) is 3. The minimum atomic E-state index is -4.39. The summed E-state index contributed by atoms with van der Waals surface area (Å²) in [5.41, 5.74) is 1.85. The molecule has 0 aliphatic rings. The Hall–Kier alpha value is -2.35. The van der Waals surface area contributed by atoms with Gasteiger partial charge in [0.1, 0.15) is 17.5 Å². The molecule has 8 heteroatoms. The van der Waals surface area contributed by atoms with Crippen molar-refractivity contribution in [2.24, 2.45) is 5.84 Å². The van der Waals surface area contributed by atoms with Gasteiger partial charge in [0.25, 0.3) is 0 Å². The van der Waals surface area contributed by atoms with Crippen molar-refractivity contribution >= 4 is 11.6 Å². The Balaban J connectivity index is 2.19. The predicted octanol–water partition coefficient (Wildman–Crippen LogP) is 2.70. The molecule has 0 fully saturated rings. The monoisotopic (exact) mass is 297 g/mol. The Bertz CT molecular complexity index is 627. The highest BCUT2D eigenvalue weighted by atomic mass is 19.4. The lowest BCUT2D eigenvalue weighted by atomic mass is 10.1. The highest BCUT2D eigenvalue weighted by Gasteiger charge is 2.32. The molecule has 1 heterocycles. The number of hydrogen-bond acceptors (Lipinski definition) is 5. The van der Waals surface area contributed by atoms with Gasteiger partial charge in [0.15, 0.2) is 0 Å². The van der Waals surface area contributed by atoms with E-state index in [0.29, 0.717) is 17.5 Å². The molecule has 0 bridgehead atoms. The fourth-order valence-corrected chi connectivity index (χ4v) is 1.87. The van der Waals surface area contributed by atoms with Gasteiger partial charge in [-0.05, 0) is 18.6 Å². The number of nitrogens with zero attached hydrogens (tertiary/aromatic N) is 2. The van der Waals surface area contributed by atoms with E-state index in [1.807, 2.05) is 0 Å². The molecule has 21 heavy (non-hydrogen) atoms. The lowest BCUT2D eigenvalue weighted by Gasteiger charge is -2.14. The minimum Gasteiger partial charge on any atom is -0.366 e. The van der Waals surface area contributed by atoms with Crippen LogP contribution in [0.5, 0.6) is 0 Å². The molecule has 2 aromatic rings. The van der Waals surface area contributed by atoms with Crippen molar-refractivity contribution in [3.8, 4) is 0 Å². The number of nitrogens with two attached hydrogens (primary N) is 1. The van der Waals surface area contributed by atoms with Crippen LogP contribution in [-0.4, -0.2) is 9.97 Å². The van der Waals surface area contributed by atoms with E-state index < -0.39 is 11.7 Å². The van der Waals surface area contributed by atoms with Crippen molar-refractivity contribution in [3.63, 3.8) is 0 Å². The molecule has 1 aromatic heterocycles. The summed E-state index contributed by atoms with van der Waals surface area (Å²) in [7, 11) is 0. The fraction of sp³-hybridized carbons (Fsp3) is 0.231. The third kappa shape index (κ3) is 3.82. The summed E-state index contributed by atoms with van der Waals surface area (Å²) >= 11 is 0. The number of nitrogens with one attached hydrogen (secondary N) is 2. The largest absolute Gasteiger partial charge is 0.416 e. The zero-order valence-corrected chi connectivity index (χ0v) is 11.2. The van der Waals surface area contributed by atoms with Crippen LogP contribution in [0.3, 0.4) is 0 Å². The average Bonchev–Trinajstić information content (AvgIpc) is 2.44. The Morgan fingerprint density at radius 1 is 1.14 bits per heavy atom. The van der Waals surface area contributed by atoms with E-state index >= 15 is 0 Å². The van der Waals surface area contributed by atoms with E-state index in [4.69, 9.17) is 5.84 Å². The van der Waals surface area contributed by atoms with Crippen molar-refractivity contribution in [2.75, 3.05) is 10.7 Å². The molecular weight excluding hydrogens is 283 g/mol. The highest BCUT2D eigenvalue weighted by molar-refractivity contribution is 5.47. The number of nitrogen functional groups attached to an aromatic ring is 1. The van der Waals surface area contributed by atoms with Crippen LogP contribution in [-0.2, 0) is 12.7 Å². The number of aromatic nitrogens is 2. The van der Waals surface area contributed by atoms with Gasteiger partial charge in [0.2, 0.25) is 0 Å². The van der Waals surface area contributed by atoms with E-state index in [-0.39, 0.29) is 12.1 Å².